The van der Waals surface area contributed by atoms with Gasteiger partial charge in [-0.25, -0.2) is 0 Å². The van der Waals surface area contributed by atoms with Gasteiger partial charge in [-0.1, -0.05) is 29.8 Å². The number of hydrogen-bond acceptors (Lipinski definition) is 3. The van der Waals surface area contributed by atoms with Gasteiger partial charge in [0.15, 0.2) is 0 Å². The van der Waals surface area contributed by atoms with Crippen molar-refractivity contribution in [2.75, 3.05) is 0 Å². The predicted octanol–water partition coefficient (Wildman–Crippen LogP) is 2.74. The van der Waals surface area contributed by atoms with Gasteiger partial charge in [0.2, 0.25) is 0 Å². The first-order valence-corrected chi connectivity index (χ1v) is 6.36. The molecular formula is C16H17NO3. The van der Waals surface area contributed by atoms with Gasteiger partial charge in [-0.3, -0.25) is 4.79 Å². The van der Waals surface area contributed by atoms with E-state index >= 15 is 0 Å². The van der Waals surface area contributed by atoms with E-state index in [1.807, 2.05) is 55.5 Å². The lowest BCUT2D eigenvalue weighted by Crippen LogP contribution is -2.32. The minimum Gasteiger partial charge on any atom is -0.480 e. The Morgan fingerprint density at radius 2 is 1.90 bits per heavy atom. The van der Waals surface area contributed by atoms with Crippen LogP contribution in [0.15, 0.2) is 48.5 Å². The lowest BCUT2D eigenvalue weighted by molar-refractivity contribution is -0.138. The number of benzene rings is 2. The van der Waals surface area contributed by atoms with Crippen molar-refractivity contribution in [3.05, 3.63) is 59.7 Å². The van der Waals surface area contributed by atoms with Gasteiger partial charge in [0.25, 0.3) is 0 Å². The number of carboxylic acid groups (broad SMARTS) is 1. The van der Waals surface area contributed by atoms with Crippen molar-refractivity contribution in [2.45, 2.75) is 19.4 Å². The number of ether oxygens (including phenoxy) is 1. The fourth-order valence-corrected chi connectivity index (χ4v) is 1.82. The molecule has 3 N–H and O–H groups in total. The number of hydrogen-bond donors (Lipinski definition) is 2. The van der Waals surface area contributed by atoms with Gasteiger partial charge in [0.1, 0.15) is 17.5 Å². The third-order valence-corrected chi connectivity index (χ3v) is 2.93. The van der Waals surface area contributed by atoms with Crippen LogP contribution in [0.2, 0.25) is 0 Å². The molecule has 0 saturated heterocycles. The van der Waals surface area contributed by atoms with Crippen LogP contribution in [0.5, 0.6) is 11.5 Å². The Hall–Kier alpha value is -2.33. The van der Waals surface area contributed by atoms with E-state index in [0.29, 0.717) is 5.75 Å². The fourth-order valence-electron chi connectivity index (χ4n) is 1.82. The molecule has 0 fully saturated rings. The summed E-state index contributed by atoms with van der Waals surface area (Å²) < 4.78 is 5.73. The largest absolute Gasteiger partial charge is 0.480 e. The summed E-state index contributed by atoms with van der Waals surface area (Å²) in [4.78, 5) is 10.8. The Morgan fingerprint density at radius 3 is 2.55 bits per heavy atom. The van der Waals surface area contributed by atoms with Gasteiger partial charge in [-0.2, -0.15) is 0 Å². The van der Waals surface area contributed by atoms with E-state index < -0.39 is 12.0 Å². The van der Waals surface area contributed by atoms with Gasteiger partial charge in [-0.15, -0.1) is 0 Å². The monoisotopic (exact) mass is 271 g/mol. The van der Waals surface area contributed by atoms with Crippen LogP contribution in [-0.2, 0) is 11.2 Å². The molecule has 2 rings (SSSR count). The number of aliphatic carboxylic acids is 1. The van der Waals surface area contributed by atoms with E-state index in [0.717, 1.165) is 11.3 Å². The first-order chi connectivity index (χ1) is 9.54. The maximum absolute atomic E-state index is 10.8. The van der Waals surface area contributed by atoms with Crippen molar-refractivity contribution in [3.63, 3.8) is 0 Å². The molecule has 20 heavy (non-hydrogen) atoms. The normalized spacial score (nSPS) is 11.9. The van der Waals surface area contributed by atoms with Crippen LogP contribution >= 0.6 is 0 Å². The second kappa shape index (κ2) is 6.21. The topological polar surface area (TPSA) is 72.5 Å². The standard InChI is InChI=1S/C16H17NO3/c1-11-5-7-13(8-6-11)20-14-4-2-3-12(9-14)10-15(17)16(18)19/h2-9,15H,10,17H2,1H3,(H,18,19)/t15-/m1/s1. The highest BCUT2D eigenvalue weighted by Crippen LogP contribution is 2.22. The second-order valence-corrected chi connectivity index (χ2v) is 4.71. The molecule has 0 bridgehead atoms. The number of carbonyl (C=O) groups is 1. The minimum absolute atomic E-state index is 0.278. The molecule has 0 aliphatic carbocycles. The van der Waals surface area contributed by atoms with Crippen LogP contribution in [-0.4, -0.2) is 17.1 Å². The van der Waals surface area contributed by atoms with Crippen LogP contribution in [0.25, 0.3) is 0 Å². The van der Waals surface area contributed by atoms with Crippen LogP contribution < -0.4 is 10.5 Å². The molecule has 4 heteroatoms. The summed E-state index contributed by atoms with van der Waals surface area (Å²) >= 11 is 0. The molecule has 0 heterocycles. The molecule has 104 valence electrons. The van der Waals surface area contributed by atoms with E-state index in [2.05, 4.69) is 0 Å². The van der Waals surface area contributed by atoms with Crippen molar-refractivity contribution >= 4 is 5.97 Å². The molecule has 4 nitrogen and oxygen atoms in total. The van der Waals surface area contributed by atoms with Crippen molar-refractivity contribution in [2.24, 2.45) is 5.73 Å². The number of carboxylic acids is 1. The number of aryl methyl sites for hydroxylation is 1. The smallest absolute Gasteiger partial charge is 0.320 e. The van der Waals surface area contributed by atoms with Gasteiger partial charge >= 0.3 is 5.97 Å². The van der Waals surface area contributed by atoms with E-state index in [9.17, 15) is 4.79 Å². The van der Waals surface area contributed by atoms with Crippen molar-refractivity contribution in [1.29, 1.82) is 0 Å². The summed E-state index contributed by atoms with van der Waals surface area (Å²) in [5.74, 6) is 0.411. The summed E-state index contributed by atoms with van der Waals surface area (Å²) in [6.45, 7) is 2.01. The van der Waals surface area contributed by atoms with E-state index in [-0.39, 0.29) is 6.42 Å². The van der Waals surface area contributed by atoms with Crippen LogP contribution in [0.4, 0.5) is 0 Å². The third kappa shape index (κ3) is 3.83. The highest BCUT2D eigenvalue weighted by Gasteiger charge is 2.12. The molecule has 0 spiro atoms. The highest BCUT2D eigenvalue weighted by molar-refractivity contribution is 5.73. The fraction of sp³-hybridized carbons (Fsp3) is 0.188. The SMILES string of the molecule is Cc1ccc(Oc2cccc(C[C@@H](N)C(=O)O)c2)cc1. The summed E-state index contributed by atoms with van der Waals surface area (Å²) in [6, 6.07) is 14.1. The molecule has 1 atom stereocenters. The Labute approximate surface area is 117 Å². The summed E-state index contributed by atoms with van der Waals surface area (Å²) in [6.07, 6.45) is 0.278. The summed E-state index contributed by atoms with van der Waals surface area (Å²) in [7, 11) is 0. The third-order valence-electron chi connectivity index (χ3n) is 2.93. The quantitative estimate of drug-likeness (QED) is 0.877. The predicted molar refractivity (Wildman–Crippen MR) is 77.0 cm³/mol. The van der Waals surface area contributed by atoms with Crippen LogP contribution in [0.1, 0.15) is 11.1 Å². The molecule has 2 aromatic rings. The zero-order chi connectivity index (χ0) is 14.5. The highest BCUT2D eigenvalue weighted by atomic mass is 16.5. The molecule has 0 aliphatic heterocycles. The zero-order valence-corrected chi connectivity index (χ0v) is 11.2. The van der Waals surface area contributed by atoms with Gasteiger partial charge in [0.05, 0.1) is 0 Å². The minimum atomic E-state index is -1.00. The average molecular weight is 271 g/mol. The first-order valence-electron chi connectivity index (χ1n) is 6.36. The van der Waals surface area contributed by atoms with Crippen LogP contribution in [0.3, 0.4) is 0 Å². The maximum Gasteiger partial charge on any atom is 0.320 e. The van der Waals surface area contributed by atoms with E-state index in [4.69, 9.17) is 15.6 Å². The van der Waals surface area contributed by atoms with Crippen molar-refractivity contribution in [1.82, 2.24) is 0 Å². The number of rotatable bonds is 5. The van der Waals surface area contributed by atoms with E-state index in [1.165, 1.54) is 5.56 Å². The Morgan fingerprint density at radius 1 is 1.20 bits per heavy atom. The van der Waals surface area contributed by atoms with E-state index in [1.54, 1.807) is 0 Å². The zero-order valence-electron chi connectivity index (χ0n) is 11.2. The number of nitrogens with two attached hydrogens (primary N) is 1. The molecule has 0 unspecified atom stereocenters. The van der Waals surface area contributed by atoms with Gasteiger partial charge in [-0.05, 0) is 43.2 Å². The summed E-state index contributed by atoms with van der Waals surface area (Å²) in [5.41, 5.74) is 7.53. The Kier molecular flexibility index (Phi) is 4.38. The van der Waals surface area contributed by atoms with Gasteiger partial charge in [0, 0.05) is 0 Å². The first kappa shape index (κ1) is 14.1. The average Bonchev–Trinajstić information content (AvgIpc) is 2.42. The molecule has 2 aromatic carbocycles. The maximum atomic E-state index is 10.8. The lowest BCUT2D eigenvalue weighted by Gasteiger charge is -2.09. The molecule has 0 saturated carbocycles. The molecule has 0 aliphatic rings. The lowest BCUT2D eigenvalue weighted by atomic mass is 10.1. The van der Waals surface area contributed by atoms with Crippen molar-refractivity contribution in [3.8, 4) is 11.5 Å². The molecule has 0 amide bonds. The van der Waals surface area contributed by atoms with Crippen molar-refractivity contribution < 1.29 is 14.6 Å². The Balaban J connectivity index is 2.09. The molecule has 0 aromatic heterocycles. The second-order valence-electron chi connectivity index (χ2n) is 4.71. The Bertz CT molecular complexity index is 593. The summed E-state index contributed by atoms with van der Waals surface area (Å²) in [5, 5.41) is 8.82. The molecule has 0 radical (unpaired) electrons. The van der Waals surface area contributed by atoms with Crippen LogP contribution in [0, 0.1) is 6.92 Å². The van der Waals surface area contributed by atoms with Gasteiger partial charge < -0.3 is 15.6 Å². The molecular weight excluding hydrogens is 254 g/mol.